The van der Waals surface area contributed by atoms with Gasteiger partial charge in [0.1, 0.15) is 0 Å². The molecule has 1 aliphatic heterocycles. The van der Waals surface area contributed by atoms with Gasteiger partial charge in [-0.3, -0.25) is 5.10 Å². The Kier molecular flexibility index (Phi) is 3.80. The smallest absolute Gasteiger partial charge is 0.216 e. The van der Waals surface area contributed by atoms with E-state index >= 15 is 0 Å². The molecule has 1 aromatic rings. The van der Waals surface area contributed by atoms with Crippen LogP contribution in [-0.2, 0) is 21.3 Å². The summed E-state index contributed by atoms with van der Waals surface area (Å²) in [7, 11) is -1.67. The number of hydrogen-bond donors (Lipinski definition) is 1. The number of sulfonamides is 1. The monoisotopic (exact) mass is 259 g/mol. The van der Waals surface area contributed by atoms with E-state index < -0.39 is 10.0 Å². The molecular formula is C10H17N3O3S. The molecule has 2 heterocycles. The second-order valence-corrected chi connectivity index (χ2v) is 6.40. The van der Waals surface area contributed by atoms with Crippen molar-refractivity contribution in [3.63, 3.8) is 0 Å². The van der Waals surface area contributed by atoms with E-state index in [4.69, 9.17) is 4.74 Å². The molecule has 0 radical (unpaired) electrons. The molecule has 17 heavy (non-hydrogen) atoms. The van der Waals surface area contributed by atoms with E-state index in [1.54, 1.807) is 19.4 Å². The number of rotatable bonds is 5. The van der Waals surface area contributed by atoms with Gasteiger partial charge in [-0.2, -0.15) is 5.10 Å². The van der Waals surface area contributed by atoms with Crippen molar-refractivity contribution in [2.75, 3.05) is 19.4 Å². The molecule has 1 aromatic heterocycles. The topological polar surface area (TPSA) is 75.3 Å². The third-order valence-corrected chi connectivity index (χ3v) is 4.73. The molecule has 1 saturated heterocycles. The largest absolute Gasteiger partial charge is 0.377 e. The molecule has 0 aromatic carbocycles. The Morgan fingerprint density at radius 1 is 1.65 bits per heavy atom. The maximum atomic E-state index is 12.0. The molecule has 6 nitrogen and oxygen atoms in total. The fraction of sp³-hybridized carbons (Fsp3) is 0.700. The first-order valence-corrected chi connectivity index (χ1v) is 7.22. The number of ether oxygens (including phenoxy) is 1. The van der Waals surface area contributed by atoms with Gasteiger partial charge in [0.25, 0.3) is 0 Å². The summed E-state index contributed by atoms with van der Waals surface area (Å²) in [5, 5.41) is 6.45. The average Bonchev–Trinajstić information content (AvgIpc) is 2.90. The number of aromatic nitrogens is 2. The van der Waals surface area contributed by atoms with Crippen LogP contribution in [0, 0.1) is 0 Å². The summed E-state index contributed by atoms with van der Waals surface area (Å²) in [5.41, 5.74) is 0.850. The summed E-state index contributed by atoms with van der Waals surface area (Å²) in [6, 6.07) is 0. The maximum Gasteiger partial charge on any atom is 0.216 e. The molecule has 0 bridgehead atoms. The lowest BCUT2D eigenvalue weighted by molar-refractivity contribution is 0.126. The quantitative estimate of drug-likeness (QED) is 0.828. The highest BCUT2D eigenvalue weighted by molar-refractivity contribution is 7.89. The molecule has 1 fully saturated rings. The Bertz CT molecular complexity index is 437. The zero-order valence-corrected chi connectivity index (χ0v) is 10.6. The van der Waals surface area contributed by atoms with Gasteiger partial charge in [-0.25, -0.2) is 12.7 Å². The highest BCUT2D eigenvalue weighted by atomic mass is 32.2. The Labute approximate surface area is 101 Å². The summed E-state index contributed by atoms with van der Waals surface area (Å²) in [5.74, 6) is 0.0708. The van der Waals surface area contributed by atoms with Crippen molar-refractivity contribution in [2.24, 2.45) is 0 Å². The summed E-state index contributed by atoms with van der Waals surface area (Å²) in [4.78, 5) is 0. The fourth-order valence-electron chi connectivity index (χ4n) is 1.86. The van der Waals surface area contributed by atoms with Gasteiger partial charge in [0.15, 0.2) is 0 Å². The summed E-state index contributed by atoms with van der Waals surface area (Å²) >= 11 is 0. The van der Waals surface area contributed by atoms with Gasteiger partial charge in [-0.15, -0.1) is 0 Å². The van der Waals surface area contributed by atoms with Crippen LogP contribution in [-0.4, -0.2) is 48.4 Å². The van der Waals surface area contributed by atoms with Crippen LogP contribution in [0.4, 0.5) is 0 Å². The minimum Gasteiger partial charge on any atom is -0.377 e. The standard InChI is InChI=1S/C10H17N3O3S/c1-13(7-9-5-11-12-6-9)17(14,15)8-10-3-2-4-16-10/h5-6,10H,2-4,7-8H2,1H3,(H,11,12). The van der Waals surface area contributed by atoms with Crippen LogP contribution < -0.4 is 0 Å². The van der Waals surface area contributed by atoms with Crippen LogP contribution in [0.5, 0.6) is 0 Å². The van der Waals surface area contributed by atoms with Crippen molar-refractivity contribution in [1.29, 1.82) is 0 Å². The Balaban J connectivity index is 1.94. The van der Waals surface area contributed by atoms with Gasteiger partial charge in [0.05, 0.1) is 18.1 Å². The summed E-state index contributed by atoms with van der Waals surface area (Å²) in [6.45, 7) is 1.01. The number of nitrogens with one attached hydrogen (secondary N) is 1. The van der Waals surface area contributed by atoms with E-state index in [0.717, 1.165) is 18.4 Å². The second kappa shape index (κ2) is 5.16. The van der Waals surface area contributed by atoms with Crippen molar-refractivity contribution in [2.45, 2.75) is 25.5 Å². The molecule has 96 valence electrons. The molecule has 1 atom stereocenters. The molecule has 0 saturated carbocycles. The highest BCUT2D eigenvalue weighted by Gasteiger charge is 2.26. The molecule has 2 rings (SSSR count). The van der Waals surface area contributed by atoms with Crippen LogP contribution in [0.1, 0.15) is 18.4 Å². The molecular weight excluding hydrogens is 242 g/mol. The van der Waals surface area contributed by atoms with Gasteiger partial charge in [0.2, 0.25) is 10.0 Å². The molecule has 7 heteroatoms. The average molecular weight is 259 g/mol. The number of hydrogen-bond acceptors (Lipinski definition) is 4. The van der Waals surface area contributed by atoms with Crippen molar-refractivity contribution in [1.82, 2.24) is 14.5 Å². The minimum atomic E-state index is -3.25. The normalized spacial score (nSPS) is 21.2. The molecule has 1 aliphatic rings. The summed E-state index contributed by atoms with van der Waals surface area (Å²) < 4.78 is 30.8. The number of nitrogens with zero attached hydrogens (tertiary/aromatic N) is 2. The Morgan fingerprint density at radius 2 is 2.47 bits per heavy atom. The number of aromatic amines is 1. The van der Waals surface area contributed by atoms with Gasteiger partial charge in [-0.1, -0.05) is 0 Å². The van der Waals surface area contributed by atoms with Crippen LogP contribution >= 0.6 is 0 Å². The SMILES string of the molecule is CN(Cc1cn[nH]c1)S(=O)(=O)CC1CCCO1. The Hall–Kier alpha value is -0.920. The first-order chi connectivity index (χ1) is 8.08. The first-order valence-electron chi connectivity index (χ1n) is 5.61. The zero-order valence-electron chi connectivity index (χ0n) is 9.80. The van der Waals surface area contributed by atoms with Crippen molar-refractivity contribution in [3.8, 4) is 0 Å². The molecule has 0 amide bonds. The van der Waals surface area contributed by atoms with Crippen LogP contribution in [0.2, 0.25) is 0 Å². The van der Waals surface area contributed by atoms with Crippen molar-refractivity contribution < 1.29 is 13.2 Å². The number of H-pyrrole nitrogens is 1. The lowest BCUT2D eigenvalue weighted by Gasteiger charge is -2.18. The van der Waals surface area contributed by atoms with Gasteiger partial charge < -0.3 is 4.74 Å². The lowest BCUT2D eigenvalue weighted by atomic mass is 10.3. The first kappa shape index (κ1) is 12.5. The zero-order chi connectivity index (χ0) is 12.3. The van der Waals surface area contributed by atoms with Crippen molar-refractivity contribution in [3.05, 3.63) is 18.0 Å². The van der Waals surface area contributed by atoms with E-state index in [-0.39, 0.29) is 11.9 Å². The van der Waals surface area contributed by atoms with E-state index in [0.29, 0.717) is 13.2 Å². The minimum absolute atomic E-state index is 0.0708. The molecule has 0 spiro atoms. The lowest BCUT2D eigenvalue weighted by Crippen LogP contribution is -2.33. The maximum absolute atomic E-state index is 12.0. The van der Waals surface area contributed by atoms with E-state index in [1.165, 1.54) is 4.31 Å². The summed E-state index contributed by atoms with van der Waals surface area (Å²) in [6.07, 6.45) is 4.95. The molecule has 1 unspecified atom stereocenters. The molecule has 0 aliphatic carbocycles. The van der Waals surface area contributed by atoms with Gasteiger partial charge in [-0.05, 0) is 12.8 Å². The fourth-order valence-corrected chi connectivity index (χ4v) is 3.19. The van der Waals surface area contributed by atoms with E-state index in [9.17, 15) is 8.42 Å². The highest BCUT2D eigenvalue weighted by Crippen LogP contribution is 2.16. The van der Waals surface area contributed by atoms with Crippen LogP contribution in [0.15, 0.2) is 12.4 Å². The van der Waals surface area contributed by atoms with Gasteiger partial charge in [0, 0.05) is 32.0 Å². The van der Waals surface area contributed by atoms with E-state index in [1.807, 2.05) is 0 Å². The van der Waals surface area contributed by atoms with Crippen molar-refractivity contribution >= 4 is 10.0 Å². The predicted octanol–water partition coefficient (Wildman–Crippen LogP) is 0.350. The third kappa shape index (κ3) is 3.27. The van der Waals surface area contributed by atoms with E-state index in [2.05, 4.69) is 10.2 Å². The predicted molar refractivity (Wildman–Crippen MR) is 62.8 cm³/mol. The van der Waals surface area contributed by atoms with Gasteiger partial charge >= 0.3 is 0 Å². The second-order valence-electron chi connectivity index (χ2n) is 4.28. The van der Waals surface area contributed by atoms with Crippen LogP contribution in [0.25, 0.3) is 0 Å². The Morgan fingerprint density at radius 3 is 3.06 bits per heavy atom. The third-order valence-electron chi connectivity index (χ3n) is 2.86. The van der Waals surface area contributed by atoms with Crippen LogP contribution in [0.3, 0.4) is 0 Å². The molecule has 1 N–H and O–H groups in total.